The van der Waals surface area contributed by atoms with Crippen LogP contribution in [0.15, 0.2) is 24.5 Å². The molecule has 1 aromatic heterocycles. The topological polar surface area (TPSA) is 17.8 Å². The Hall–Kier alpha value is -1.78. The highest BCUT2D eigenvalue weighted by atomic mass is 19.2. The van der Waals surface area contributed by atoms with Gasteiger partial charge in [-0.3, -0.25) is 4.68 Å². The van der Waals surface area contributed by atoms with E-state index in [1.165, 1.54) is 19.0 Å². The van der Waals surface area contributed by atoms with Gasteiger partial charge in [0.05, 0.1) is 6.20 Å². The third kappa shape index (κ3) is 2.12. The lowest BCUT2D eigenvalue weighted by molar-refractivity contribution is 0.447. The van der Waals surface area contributed by atoms with E-state index < -0.39 is 17.5 Å². The van der Waals surface area contributed by atoms with Crippen LogP contribution >= 0.6 is 0 Å². The van der Waals surface area contributed by atoms with Crippen LogP contribution in [0.1, 0.15) is 12.8 Å². The lowest BCUT2D eigenvalue weighted by Crippen LogP contribution is -1.99. The van der Waals surface area contributed by atoms with Crippen LogP contribution in [0.4, 0.5) is 13.2 Å². The van der Waals surface area contributed by atoms with Crippen molar-refractivity contribution in [3.05, 3.63) is 42.0 Å². The van der Waals surface area contributed by atoms with Crippen molar-refractivity contribution in [3.8, 4) is 11.1 Å². The second kappa shape index (κ2) is 4.15. The maximum Gasteiger partial charge on any atom is 0.194 e. The van der Waals surface area contributed by atoms with Gasteiger partial charge < -0.3 is 0 Å². The molecule has 1 aliphatic carbocycles. The van der Waals surface area contributed by atoms with Crippen LogP contribution in [-0.2, 0) is 6.54 Å². The molecule has 1 aliphatic rings. The smallest absolute Gasteiger partial charge is 0.194 e. The van der Waals surface area contributed by atoms with E-state index in [4.69, 9.17) is 0 Å². The Kier molecular flexibility index (Phi) is 2.61. The second-order valence-electron chi connectivity index (χ2n) is 4.65. The highest BCUT2D eigenvalue weighted by Gasteiger charge is 2.22. The van der Waals surface area contributed by atoms with Crippen LogP contribution in [-0.4, -0.2) is 9.78 Å². The summed E-state index contributed by atoms with van der Waals surface area (Å²) < 4.78 is 40.8. The molecule has 0 bridgehead atoms. The van der Waals surface area contributed by atoms with Gasteiger partial charge in [-0.15, -0.1) is 0 Å². The van der Waals surface area contributed by atoms with E-state index in [2.05, 4.69) is 5.10 Å². The molecule has 3 rings (SSSR count). The largest absolute Gasteiger partial charge is 0.272 e. The van der Waals surface area contributed by atoms with Crippen molar-refractivity contribution < 1.29 is 13.2 Å². The van der Waals surface area contributed by atoms with Crippen molar-refractivity contribution >= 4 is 0 Å². The molecule has 1 saturated carbocycles. The lowest BCUT2D eigenvalue weighted by atomic mass is 10.1. The first-order valence-electron chi connectivity index (χ1n) is 5.81. The molecule has 0 unspecified atom stereocenters. The van der Waals surface area contributed by atoms with E-state index in [1.807, 2.05) is 0 Å². The fraction of sp³-hybridized carbons (Fsp3) is 0.308. The fourth-order valence-corrected chi connectivity index (χ4v) is 1.90. The average Bonchev–Trinajstić information content (AvgIpc) is 3.01. The number of rotatable bonds is 3. The van der Waals surface area contributed by atoms with Gasteiger partial charge in [0.15, 0.2) is 17.5 Å². The molecule has 0 radical (unpaired) electrons. The minimum absolute atomic E-state index is 0.299. The minimum Gasteiger partial charge on any atom is -0.272 e. The Bertz CT molecular complexity index is 565. The third-order valence-corrected chi connectivity index (χ3v) is 3.09. The van der Waals surface area contributed by atoms with Crippen LogP contribution in [0.25, 0.3) is 11.1 Å². The van der Waals surface area contributed by atoms with E-state index in [0.717, 1.165) is 18.7 Å². The molecule has 1 aromatic carbocycles. The molecule has 0 spiro atoms. The molecule has 1 heterocycles. The summed E-state index contributed by atoms with van der Waals surface area (Å²) in [5.41, 5.74) is 0.891. The quantitative estimate of drug-likeness (QED) is 0.766. The summed E-state index contributed by atoms with van der Waals surface area (Å²) in [4.78, 5) is 0. The molecule has 0 aliphatic heterocycles. The zero-order chi connectivity index (χ0) is 12.7. The first kappa shape index (κ1) is 11.3. The maximum absolute atomic E-state index is 13.1. The van der Waals surface area contributed by atoms with Crippen molar-refractivity contribution in [1.29, 1.82) is 0 Å². The van der Waals surface area contributed by atoms with Gasteiger partial charge >= 0.3 is 0 Å². The summed E-state index contributed by atoms with van der Waals surface area (Å²) in [6.07, 6.45) is 5.67. The predicted octanol–water partition coefficient (Wildman–Crippen LogP) is 3.38. The molecule has 0 N–H and O–H groups in total. The average molecular weight is 252 g/mol. The zero-order valence-electron chi connectivity index (χ0n) is 9.54. The van der Waals surface area contributed by atoms with Crippen LogP contribution in [0.2, 0.25) is 0 Å². The number of benzene rings is 1. The Balaban J connectivity index is 1.91. The van der Waals surface area contributed by atoms with E-state index in [0.29, 0.717) is 17.0 Å². The molecule has 0 amide bonds. The zero-order valence-corrected chi connectivity index (χ0v) is 9.54. The molecule has 5 heteroatoms. The number of nitrogens with zero attached hydrogens (tertiary/aromatic N) is 2. The van der Waals surface area contributed by atoms with Crippen molar-refractivity contribution in [2.75, 3.05) is 0 Å². The van der Waals surface area contributed by atoms with Gasteiger partial charge in [0.25, 0.3) is 0 Å². The van der Waals surface area contributed by atoms with Gasteiger partial charge in [-0.05, 0) is 36.5 Å². The predicted molar refractivity (Wildman–Crippen MR) is 60.3 cm³/mol. The third-order valence-electron chi connectivity index (χ3n) is 3.09. The summed E-state index contributed by atoms with van der Waals surface area (Å²) in [5, 5.41) is 4.13. The van der Waals surface area contributed by atoms with Gasteiger partial charge in [0, 0.05) is 18.3 Å². The summed E-state index contributed by atoms with van der Waals surface area (Å²) in [6, 6.07) is 1.97. The standard InChI is InChI=1S/C13H11F3N2/c14-11-3-9(4-12(15)13(11)16)10-5-17-18(7-10)6-8-1-2-8/h3-5,7-8H,1-2,6H2. The van der Waals surface area contributed by atoms with Gasteiger partial charge in [-0.25, -0.2) is 13.2 Å². The molecular formula is C13H11F3N2. The molecule has 2 aromatic rings. The Morgan fingerprint density at radius 2 is 1.78 bits per heavy atom. The van der Waals surface area contributed by atoms with Crippen molar-refractivity contribution in [2.45, 2.75) is 19.4 Å². The molecule has 18 heavy (non-hydrogen) atoms. The molecular weight excluding hydrogens is 241 g/mol. The number of halogens is 3. The monoisotopic (exact) mass is 252 g/mol. The van der Waals surface area contributed by atoms with E-state index in [9.17, 15) is 13.2 Å². The van der Waals surface area contributed by atoms with Crippen LogP contribution < -0.4 is 0 Å². The summed E-state index contributed by atoms with van der Waals surface area (Å²) in [7, 11) is 0. The minimum atomic E-state index is -1.44. The fourth-order valence-electron chi connectivity index (χ4n) is 1.90. The SMILES string of the molecule is Fc1cc(-c2cnn(CC3CC3)c2)cc(F)c1F. The lowest BCUT2D eigenvalue weighted by Gasteiger charge is -2.00. The summed E-state index contributed by atoms with van der Waals surface area (Å²) in [5.74, 6) is -3.14. The van der Waals surface area contributed by atoms with Gasteiger partial charge in [0.2, 0.25) is 0 Å². The highest BCUT2D eigenvalue weighted by Crippen LogP contribution is 2.31. The first-order valence-corrected chi connectivity index (χ1v) is 5.81. The number of hydrogen-bond acceptors (Lipinski definition) is 1. The van der Waals surface area contributed by atoms with Crippen molar-refractivity contribution in [2.24, 2.45) is 5.92 Å². The summed E-state index contributed by atoms with van der Waals surface area (Å²) >= 11 is 0. The highest BCUT2D eigenvalue weighted by molar-refractivity contribution is 5.61. The van der Waals surface area contributed by atoms with Crippen LogP contribution in [0, 0.1) is 23.4 Å². The molecule has 94 valence electrons. The van der Waals surface area contributed by atoms with E-state index >= 15 is 0 Å². The Morgan fingerprint density at radius 1 is 1.11 bits per heavy atom. The Labute approximate surface area is 102 Å². The molecule has 0 saturated heterocycles. The van der Waals surface area contributed by atoms with Crippen LogP contribution in [0.3, 0.4) is 0 Å². The molecule has 1 fully saturated rings. The normalized spacial score (nSPS) is 15.1. The summed E-state index contributed by atoms with van der Waals surface area (Å²) in [6.45, 7) is 0.826. The molecule has 2 nitrogen and oxygen atoms in total. The maximum atomic E-state index is 13.1. The van der Waals surface area contributed by atoms with Gasteiger partial charge in [-0.2, -0.15) is 5.10 Å². The van der Waals surface area contributed by atoms with Crippen LogP contribution in [0.5, 0.6) is 0 Å². The number of hydrogen-bond donors (Lipinski definition) is 0. The van der Waals surface area contributed by atoms with E-state index in [-0.39, 0.29) is 0 Å². The van der Waals surface area contributed by atoms with Crippen molar-refractivity contribution in [3.63, 3.8) is 0 Å². The van der Waals surface area contributed by atoms with Crippen molar-refractivity contribution in [1.82, 2.24) is 9.78 Å². The second-order valence-corrected chi connectivity index (χ2v) is 4.65. The number of aromatic nitrogens is 2. The first-order chi connectivity index (χ1) is 8.63. The van der Waals surface area contributed by atoms with Gasteiger partial charge in [-0.1, -0.05) is 0 Å². The molecule has 0 atom stereocenters. The Morgan fingerprint density at radius 3 is 2.39 bits per heavy atom. The van der Waals surface area contributed by atoms with Gasteiger partial charge in [0.1, 0.15) is 0 Å². The van der Waals surface area contributed by atoms with E-state index in [1.54, 1.807) is 10.9 Å².